The van der Waals surface area contributed by atoms with Gasteiger partial charge < -0.3 is 5.73 Å². The fourth-order valence-electron chi connectivity index (χ4n) is 2.58. The van der Waals surface area contributed by atoms with Gasteiger partial charge >= 0.3 is 0 Å². The van der Waals surface area contributed by atoms with Crippen molar-refractivity contribution in [3.63, 3.8) is 0 Å². The van der Waals surface area contributed by atoms with Gasteiger partial charge in [-0.15, -0.1) is 11.3 Å². The maximum atomic E-state index is 12.1. The summed E-state index contributed by atoms with van der Waals surface area (Å²) in [6.07, 6.45) is 2.72. The molecular formula is C17H20N4OS. The Morgan fingerprint density at radius 1 is 1.22 bits per heavy atom. The molecule has 0 fully saturated rings. The molecule has 0 spiro atoms. The summed E-state index contributed by atoms with van der Waals surface area (Å²) in [7, 11) is 0. The highest BCUT2D eigenvalue weighted by atomic mass is 32.1. The monoisotopic (exact) mass is 328 g/mol. The second kappa shape index (κ2) is 7.50. The van der Waals surface area contributed by atoms with E-state index in [1.54, 1.807) is 16.7 Å². The van der Waals surface area contributed by atoms with Gasteiger partial charge in [-0.25, -0.2) is 4.98 Å². The summed E-state index contributed by atoms with van der Waals surface area (Å²) in [5.41, 5.74) is 7.81. The lowest BCUT2D eigenvalue weighted by Gasteiger charge is -2.21. The van der Waals surface area contributed by atoms with E-state index in [9.17, 15) is 4.79 Å². The summed E-state index contributed by atoms with van der Waals surface area (Å²) in [5.74, 6) is 0. The quantitative estimate of drug-likeness (QED) is 0.718. The van der Waals surface area contributed by atoms with Crippen LogP contribution >= 0.6 is 11.3 Å². The molecule has 6 heteroatoms. The Morgan fingerprint density at radius 2 is 2.04 bits per heavy atom. The van der Waals surface area contributed by atoms with E-state index < -0.39 is 0 Å². The molecule has 0 saturated carbocycles. The molecule has 2 heterocycles. The molecule has 0 amide bonds. The van der Waals surface area contributed by atoms with E-state index in [0.717, 1.165) is 30.2 Å². The number of rotatable bonds is 7. The molecule has 2 aromatic heterocycles. The van der Waals surface area contributed by atoms with Crippen LogP contribution < -0.4 is 11.3 Å². The third-order valence-electron chi connectivity index (χ3n) is 3.75. The number of hydrogen-bond acceptors (Lipinski definition) is 5. The normalized spacial score (nSPS) is 11.4. The second-order valence-electron chi connectivity index (χ2n) is 5.44. The Kier molecular flexibility index (Phi) is 5.17. The Bertz CT molecular complexity index is 812. The van der Waals surface area contributed by atoms with Crippen LogP contribution in [0.1, 0.15) is 11.3 Å². The average Bonchev–Trinajstić information content (AvgIpc) is 3.03. The van der Waals surface area contributed by atoms with Gasteiger partial charge in [0, 0.05) is 43.8 Å². The molecule has 3 aromatic rings. The van der Waals surface area contributed by atoms with E-state index in [0.29, 0.717) is 13.1 Å². The highest BCUT2D eigenvalue weighted by molar-refractivity contribution is 7.15. The number of thiazole rings is 1. The zero-order valence-corrected chi connectivity index (χ0v) is 13.7. The molecule has 5 nitrogen and oxygen atoms in total. The highest BCUT2D eigenvalue weighted by Crippen LogP contribution is 2.09. The molecule has 0 aliphatic rings. The second-order valence-corrected chi connectivity index (χ2v) is 6.31. The van der Waals surface area contributed by atoms with Crippen LogP contribution in [-0.4, -0.2) is 33.9 Å². The Balaban J connectivity index is 1.71. The zero-order valence-electron chi connectivity index (χ0n) is 12.9. The molecule has 0 saturated heterocycles. The van der Waals surface area contributed by atoms with E-state index in [1.165, 1.54) is 16.9 Å². The van der Waals surface area contributed by atoms with Crippen LogP contribution in [-0.2, 0) is 13.0 Å². The Morgan fingerprint density at radius 3 is 2.83 bits per heavy atom. The summed E-state index contributed by atoms with van der Waals surface area (Å²) in [6.45, 7) is 2.92. The first-order chi connectivity index (χ1) is 11.3. The van der Waals surface area contributed by atoms with Crippen molar-refractivity contribution in [3.05, 3.63) is 69.6 Å². The first kappa shape index (κ1) is 15.9. The lowest BCUT2D eigenvalue weighted by molar-refractivity contribution is 0.273. The van der Waals surface area contributed by atoms with Crippen molar-refractivity contribution in [2.75, 3.05) is 19.6 Å². The molecule has 0 aliphatic carbocycles. The number of nitrogens with zero attached hydrogens (tertiary/aromatic N) is 3. The summed E-state index contributed by atoms with van der Waals surface area (Å²) < 4.78 is 1.57. The fraction of sp³-hybridized carbons (Fsp3) is 0.294. The van der Waals surface area contributed by atoms with Crippen molar-refractivity contribution in [1.29, 1.82) is 0 Å². The predicted octanol–water partition coefficient (Wildman–Crippen LogP) is 1.76. The highest BCUT2D eigenvalue weighted by Gasteiger charge is 2.09. The van der Waals surface area contributed by atoms with Crippen LogP contribution in [0.3, 0.4) is 0 Å². The van der Waals surface area contributed by atoms with Crippen molar-refractivity contribution in [3.8, 4) is 0 Å². The smallest absolute Gasteiger partial charge is 0.258 e. The van der Waals surface area contributed by atoms with Crippen LogP contribution in [0.2, 0.25) is 0 Å². The van der Waals surface area contributed by atoms with Gasteiger partial charge in [-0.3, -0.25) is 14.1 Å². The summed E-state index contributed by atoms with van der Waals surface area (Å²) in [6, 6.07) is 12.0. The Labute approximate surface area is 139 Å². The Hall–Kier alpha value is -2.02. The van der Waals surface area contributed by atoms with Crippen LogP contribution in [0.15, 0.2) is 52.8 Å². The van der Waals surface area contributed by atoms with Gasteiger partial charge in [0.25, 0.3) is 5.56 Å². The maximum Gasteiger partial charge on any atom is 0.258 e. The topological polar surface area (TPSA) is 63.6 Å². The van der Waals surface area contributed by atoms with Crippen LogP contribution in [0, 0.1) is 0 Å². The predicted molar refractivity (Wildman–Crippen MR) is 93.8 cm³/mol. The van der Waals surface area contributed by atoms with Crippen LogP contribution in [0.4, 0.5) is 0 Å². The minimum absolute atomic E-state index is 0.0259. The van der Waals surface area contributed by atoms with Gasteiger partial charge in [-0.05, 0) is 12.0 Å². The number of aromatic nitrogens is 2. The molecule has 0 radical (unpaired) electrons. The lowest BCUT2D eigenvalue weighted by Crippen LogP contribution is -2.32. The summed E-state index contributed by atoms with van der Waals surface area (Å²) >= 11 is 1.47. The number of benzene rings is 1. The minimum Gasteiger partial charge on any atom is -0.329 e. The number of fused-ring (bicyclic) bond motifs is 1. The molecule has 0 aliphatic heterocycles. The minimum atomic E-state index is -0.0259. The van der Waals surface area contributed by atoms with E-state index in [1.807, 2.05) is 11.4 Å². The van der Waals surface area contributed by atoms with Crippen LogP contribution in [0.5, 0.6) is 0 Å². The van der Waals surface area contributed by atoms with Gasteiger partial charge in [0.1, 0.15) is 0 Å². The molecule has 0 unspecified atom stereocenters. The molecule has 1 aromatic carbocycles. The average molecular weight is 328 g/mol. The first-order valence-corrected chi connectivity index (χ1v) is 8.56. The largest absolute Gasteiger partial charge is 0.329 e. The fourth-order valence-corrected chi connectivity index (χ4v) is 3.32. The van der Waals surface area contributed by atoms with Gasteiger partial charge in [-0.2, -0.15) is 0 Å². The van der Waals surface area contributed by atoms with E-state index in [2.05, 4.69) is 34.1 Å². The lowest BCUT2D eigenvalue weighted by atomic mass is 10.1. The third-order valence-corrected chi connectivity index (χ3v) is 4.50. The third kappa shape index (κ3) is 4.04. The van der Waals surface area contributed by atoms with Gasteiger partial charge in [0.2, 0.25) is 0 Å². The maximum absolute atomic E-state index is 12.1. The van der Waals surface area contributed by atoms with Crippen molar-refractivity contribution >= 4 is 16.3 Å². The number of hydrogen-bond donors (Lipinski definition) is 1. The van der Waals surface area contributed by atoms with Crippen molar-refractivity contribution < 1.29 is 0 Å². The summed E-state index contributed by atoms with van der Waals surface area (Å²) in [4.78, 5) is 19.6. The molecule has 0 bridgehead atoms. The van der Waals surface area contributed by atoms with Crippen molar-refractivity contribution in [2.24, 2.45) is 5.73 Å². The SMILES string of the molecule is NCCN(CCc1ccccc1)Cc1cc(=O)n2ccsc2n1. The van der Waals surface area contributed by atoms with E-state index in [4.69, 9.17) is 5.73 Å². The molecule has 2 N–H and O–H groups in total. The zero-order chi connectivity index (χ0) is 16.1. The van der Waals surface area contributed by atoms with E-state index >= 15 is 0 Å². The number of nitrogens with two attached hydrogens (primary N) is 1. The van der Waals surface area contributed by atoms with Crippen molar-refractivity contribution in [2.45, 2.75) is 13.0 Å². The van der Waals surface area contributed by atoms with Gasteiger partial charge in [-0.1, -0.05) is 30.3 Å². The standard InChI is InChI=1S/C17H20N4OS/c18-7-9-20(8-6-14-4-2-1-3-5-14)13-15-12-16(22)21-10-11-23-17(21)19-15/h1-5,10-12H,6-9,13,18H2. The van der Waals surface area contributed by atoms with Gasteiger partial charge in [0.15, 0.2) is 4.96 Å². The van der Waals surface area contributed by atoms with Crippen molar-refractivity contribution in [1.82, 2.24) is 14.3 Å². The molecular weight excluding hydrogens is 308 g/mol. The van der Waals surface area contributed by atoms with Crippen LogP contribution in [0.25, 0.3) is 4.96 Å². The molecule has 3 rings (SSSR count). The molecule has 0 atom stereocenters. The first-order valence-electron chi connectivity index (χ1n) is 7.68. The van der Waals surface area contributed by atoms with Gasteiger partial charge in [0.05, 0.1) is 5.69 Å². The van der Waals surface area contributed by atoms with E-state index in [-0.39, 0.29) is 5.56 Å². The molecule has 120 valence electrons. The summed E-state index contributed by atoms with van der Waals surface area (Å²) in [5, 5.41) is 1.88. The molecule has 23 heavy (non-hydrogen) atoms.